The molecular weight excluding hydrogens is 184 g/mol. The molecule has 0 amide bonds. The first-order valence-electron chi connectivity index (χ1n) is 5.76. The zero-order valence-corrected chi connectivity index (χ0v) is 10.2. The Hall–Kier alpha value is -1.05. The van der Waals surface area contributed by atoms with E-state index in [0.29, 0.717) is 11.8 Å². The van der Waals surface area contributed by atoms with Gasteiger partial charge in [-0.3, -0.25) is 0 Å². The monoisotopic (exact) mass is 206 g/mol. The average molecular weight is 206 g/mol. The van der Waals surface area contributed by atoms with Gasteiger partial charge < -0.3 is 5.32 Å². The highest BCUT2D eigenvalue weighted by Crippen LogP contribution is 2.10. The molecule has 0 aliphatic carbocycles. The molecule has 0 aromatic carbocycles. The average Bonchev–Trinajstić information content (AvgIpc) is 2.16. The summed E-state index contributed by atoms with van der Waals surface area (Å²) in [6, 6.07) is 4.23. The Balaban J connectivity index is 2.49. The maximum atomic E-state index is 4.39. The summed E-state index contributed by atoms with van der Waals surface area (Å²) in [4.78, 5) is 4.39. The maximum Gasteiger partial charge on any atom is 0.125 e. The van der Waals surface area contributed by atoms with Crippen LogP contribution >= 0.6 is 0 Å². The van der Waals surface area contributed by atoms with E-state index in [1.165, 1.54) is 5.56 Å². The van der Waals surface area contributed by atoms with E-state index in [4.69, 9.17) is 0 Å². The zero-order chi connectivity index (χ0) is 11.3. The summed E-state index contributed by atoms with van der Waals surface area (Å²) in [7, 11) is 0. The number of rotatable bonds is 5. The van der Waals surface area contributed by atoms with Crippen LogP contribution in [0.15, 0.2) is 18.3 Å². The van der Waals surface area contributed by atoms with Crippen molar-refractivity contribution in [2.24, 2.45) is 11.8 Å². The second-order valence-electron chi connectivity index (χ2n) is 4.92. The van der Waals surface area contributed by atoms with Gasteiger partial charge in [0.1, 0.15) is 5.82 Å². The van der Waals surface area contributed by atoms with Crippen LogP contribution in [0, 0.1) is 11.8 Å². The molecule has 1 N–H and O–H groups in total. The molecule has 0 fully saturated rings. The summed E-state index contributed by atoms with van der Waals surface area (Å²) in [5.74, 6) is 2.33. The van der Waals surface area contributed by atoms with Gasteiger partial charge in [-0.25, -0.2) is 4.98 Å². The van der Waals surface area contributed by atoms with Crippen molar-refractivity contribution >= 4 is 5.82 Å². The largest absolute Gasteiger partial charge is 0.370 e. The first kappa shape index (κ1) is 12.0. The van der Waals surface area contributed by atoms with Crippen molar-refractivity contribution in [3.8, 4) is 0 Å². The minimum atomic E-state index is 0.655. The Morgan fingerprint density at radius 2 is 1.87 bits per heavy atom. The molecule has 1 aromatic rings. The quantitative estimate of drug-likeness (QED) is 0.799. The zero-order valence-electron chi connectivity index (χ0n) is 10.2. The van der Waals surface area contributed by atoms with Gasteiger partial charge in [0, 0.05) is 12.7 Å². The van der Waals surface area contributed by atoms with Crippen molar-refractivity contribution in [3.05, 3.63) is 23.9 Å². The van der Waals surface area contributed by atoms with E-state index in [1.54, 1.807) is 0 Å². The van der Waals surface area contributed by atoms with E-state index >= 15 is 0 Å². The first-order valence-corrected chi connectivity index (χ1v) is 5.76. The van der Waals surface area contributed by atoms with Crippen LogP contribution in [0.1, 0.15) is 33.3 Å². The van der Waals surface area contributed by atoms with Gasteiger partial charge in [-0.15, -0.1) is 0 Å². The molecule has 0 aliphatic rings. The number of anilines is 1. The lowest BCUT2D eigenvalue weighted by atomic mass is 10.1. The molecule has 0 saturated carbocycles. The summed E-state index contributed by atoms with van der Waals surface area (Å²) in [5, 5.41) is 3.31. The molecule has 2 nitrogen and oxygen atoms in total. The molecule has 0 aliphatic heterocycles. The molecule has 0 saturated heterocycles. The third-order valence-electron chi connectivity index (χ3n) is 2.16. The number of nitrogens with zero attached hydrogens (tertiary/aromatic N) is 1. The molecule has 2 heteroatoms. The van der Waals surface area contributed by atoms with E-state index in [2.05, 4.69) is 50.1 Å². The van der Waals surface area contributed by atoms with Crippen LogP contribution in [0.4, 0.5) is 5.82 Å². The van der Waals surface area contributed by atoms with Crippen molar-refractivity contribution in [1.82, 2.24) is 4.98 Å². The fourth-order valence-corrected chi connectivity index (χ4v) is 1.43. The van der Waals surface area contributed by atoms with Gasteiger partial charge in [0.2, 0.25) is 0 Å². The molecule has 84 valence electrons. The Morgan fingerprint density at radius 3 is 2.33 bits per heavy atom. The SMILES string of the molecule is CC(C)CNc1ccc(CC(C)C)cn1. The van der Waals surface area contributed by atoms with Gasteiger partial charge in [-0.05, 0) is 29.9 Å². The molecule has 0 radical (unpaired) electrons. The fourth-order valence-electron chi connectivity index (χ4n) is 1.43. The van der Waals surface area contributed by atoms with Crippen molar-refractivity contribution in [1.29, 1.82) is 0 Å². The van der Waals surface area contributed by atoms with E-state index in [1.807, 2.05) is 6.20 Å². The highest BCUT2D eigenvalue weighted by Gasteiger charge is 1.99. The standard InChI is InChI=1S/C13H22N2/c1-10(2)7-12-5-6-13(15-9-12)14-8-11(3)4/h5-6,9-11H,7-8H2,1-4H3,(H,14,15). The second-order valence-corrected chi connectivity index (χ2v) is 4.92. The van der Waals surface area contributed by atoms with Crippen molar-refractivity contribution in [2.45, 2.75) is 34.1 Å². The summed E-state index contributed by atoms with van der Waals surface area (Å²) in [6.07, 6.45) is 3.08. The lowest BCUT2D eigenvalue weighted by Crippen LogP contribution is -2.09. The number of aromatic nitrogens is 1. The maximum absolute atomic E-state index is 4.39. The summed E-state index contributed by atoms with van der Waals surface area (Å²) >= 11 is 0. The van der Waals surface area contributed by atoms with Crippen LogP contribution in [0.5, 0.6) is 0 Å². The predicted octanol–water partition coefficient (Wildman–Crippen LogP) is 3.35. The third kappa shape index (κ3) is 4.82. The molecule has 0 bridgehead atoms. The van der Waals surface area contributed by atoms with Gasteiger partial charge in [-0.1, -0.05) is 33.8 Å². The number of nitrogens with one attached hydrogen (secondary N) is 1. The minimum absolute atomic E-state index is 0.655. The Bertz CT molecular complexity index is 275. The predicted molar refractivity (Wildman–Crippen MR) is 66.1 cm³/mol. The van der Waals surface area contributed by atoms with Crippen LogP contribution < -0.4 is 5.32 Å². The van der Waals surface area contributed by atoms with Crippen LogP contribution in [-0.4, -0.2) is 11.5 Å². The molecule has 0 atom stereocenters. The van der Waals surface area contributed by atoms with Crippen LogP contribution in [0.3, 0.4) is 0 Å². The van der Waals surface area contributed by atoms with Crippen LogP contribution in [-0.2, 0) is 6.42 Å². The van der Waals surface area contributed by atoms with Gasteiger partial charge in [0.15, 0.2) is 0 Å². The molecule has 1 aromatic heterocycles. The van der Waals surface area contributed by atoms with Gasteiger partial charge in [0.05, 0.1) is 0 Å². The van der Waals surface area contributed by atoms with Gasteiger partial charge in [-0.2, -0.15) is 0 Å². The molecular formula is C13H22N2. The van der Waals surface area contributed by atoms with Crippen LogP contribution in [0.2, 0.25) is 0 Å². The number of pyridine rings is 1. The summed E-state index contributed by atoms with van der Waals surface area (Å²) in [5.41, 5.74) is 1.32. The molecule has 1 heterocycles. The summed E-state index contributed by atoms with van der Waals surface area (Å²) < 4.78 is 0. The van der Waals surface area contributed by atoms with E-state index in [9.17, 15) is 0 Å². The lowest BCUT2D eigenvalue weighted by Gasteiger charge is -2.09. The number of hydrogen-bond donors (Lipinski definition) is 1. The van der Waals surface area contributed by atoms with Crippen molar-refractivity contribution in [2.75, 3.05) is 11.9 Å². The topological polar surface area (TPSA) is 24.9 Å². The number of hydrogen-bond acceptors (Lipinski definition) is 2. The molecule has 15 heavy (non-hydrogen) atoms. The van der Waals surface area contributed by atoms with Crippen LogP contribution in [0.25, 0.3) is 0 Å². The normalized spacial score (nSPS) is 11.1. The Labute approximate surface area is 93.1 Å². The molecule has 1 rings (SSSR count). The smallest absolute Gasteiger partial charge is 0.125 e. The van der Waals surface area contributed by atoms with Crippen molar-refractivity contribution in [3.63, 3.8) is 0 Å². The van der Waals surface area contributed by atoms with Crippen molar-refractivity contribution < 1.29 is 0 Å². The lowest BCUT2D eigenvalue weighted by molar-refractivity contribution is 0.645. The minimum Gasteiger partial charge on any atom is -0.370 e. The summed E-state index contributed by atoms with van der Waals surface area (Å²) in [6.45, 7) is 9.83. The van der Waals surface area contributed by atoms with E-state index < -0.39 is 0 Å². The fraction of sp³-hybridized carbons (Fsp3) is 0.615. The van der Waals surface area contributed by atoms with Gasteiger partial charge >= 0.3 is 0 Å². The Morgan fingerprint density at radius 1 is 1.13 bits per heavy atom. The highest BCUT2D eigenvalue weighted by atomic mass is 15.0. The Kier molecular flexibility index (Phi) is 4.60. The third-order valence-corrected chi connectivity index (χ3v) is 2.16. The molecule has 0 unspecified atom stereocenters. The van der Waals surface area contributed by atoms with E-state index in [0.717, 1.165) is 18.8 Å². The second kappa shape index (κ2) is 5.74. The van der Waals surface area contributed by atoms with E-state index in [-0.39, 0.29) is 0 Å². The molecule has 0 spiro atoms. The highest BCUT2D eigenvalue weighted by molar-refractivity contribution is 5.35. The van der Waals surface area contributed by atoms with Gasteiger partial charge in [0.25, 0.3) is 0 Å². The first-order chi connectivity index (χ1) is 7.08.